The van der Waals surface area contributed by atoms with Gasteiger partial charge in [0.1, 0.15) is 0 Å². The third-order valence-corrected chi connectivity index (χ3v) is 5.12. The molecule has 0 radical (unpaired) electrons. The minimum atomic E-state index is -3.08. The van der Waals surface area contributed by atoms with Gasteiger partial charge >= 0.3 is 0 Å². The number of benzene rings is 1. The number of hydrogen-bond acceptors (Lipinski definition) is 2. The normalized spacial score (nSPS) is 13.3. The number of hydrogen-bond donors (Lipinski definition) is 0. The quantitative estimate of drug-likeness (QED) is 0.784. The Hall–Kier alpha value is -1.09. The molecule has 1 rings (SSSR count). The van der Waals surface area contributed by atoms with Crippen LogP contribution in [0.2, 0.25) is 0 Å². The molecule has 0 spiro atoms. The Labute approximate surface area is 111 Å². The van der Waals surface area contributed by atoms with Crippen molar-refractivity contribution in [2.75, 3.05) is 5.75 Å². The van der Waals surface area contributed by atoms with Gasteiger partial charge in [-0.05, 0) is 38.2 Å². The van der Waals surface area contributed by atoms with E-state index in [0.29, 0.717) is 12.3 Å². The molecule has 100 valence electrons. The summed E-state index contributed by atoms with van der Waals surface area (Å²) in [5.41, 5.74) is 2.52. The monoisotopic (exact) mass is 266 g/mol. The van der Waals surface area contributed by atoms with Crippen LogP contribution in [0.5, 0.6) is 0 Å². The molecule has 2 nitrogen and oxygen atoms in total. The van der Waals surface area contributed by atoms with E-state index in [4.69, 9.17) is 0 Å². The molecule has 0 unspecified atom stereocenters. The molecule has 0 bridgehead atoms. The zero-order valence-corrected chi connectivity index (χ0v) is 12.3. The third-order valence-electron chi connectivity index (χ3n) is 3.23. The fourth-order valence-electron chi connectivity index (χ4n) is 1.82. The fourth-order valence-corrected chi connectivity index (χ4v) is 2.71. The molecular formula is C15H22O2S. The topological polar surface area (TPSA) is 34.1 Å². The van der Waals surface area contributed by atoms with Crippen LogP contribution in [0.1, 0.15) is 43.7 Å². The molecule has 1 atom stereocenters. The maximum absolute atomic E-state index is 11.6. The van der Waals surface area contributed by atoms with Crippen LogP contribution in [0.4, 0.5) is 0 Å². The van der Waals surface area contributed by atoms with Crippen molar-refractivity contribution in [3.05, 3.63) is 46.9 Å². The Kier molecular flexibility index (Phi) is 5.15. The lowest BCUT2D eigenvalue weighted by atomic mass is 9.96. The van der Waals surface area contributed by atoms with Gasteiger partial charge in [-0.25, -0.2) is 8.42 Å². The molecular weight excluding hydrogens is 244 g/mol. The lowest BCUT2D eigenvalue weighted by molar-refractivity contribution is 0.591. The molecule has 0 aliphatic heterocycles. The molecule has 1 aromatic carbocycles. The van der Waals surface area contributed by atoms with Gasteiger partial charge in [0.05, 0.1) is 5.75 Å². The first-order valence-corrected chi connectivity index (χ1v) is 7.93. The van der Waals surface area contributed by atoms with E-state index in [1.165, 1.54) is 11.1 Å². The maximum atomic E-state index is 11.6. The van der Waals surface area contributed by atoms with Crippen molar-refractivity contribution >= 4 is 9.84 Å². The van der Waals surface area contributed by atoms with Crippen LogP contribution in [0.25, 0.3) is 0 Å². The van der Waals surface area contributed by atoms with Crippen molar-refractivity contribution in [1.29, 1.82) is 0 Å². The Morgan fingerprint density at radius 1 is 1.28 bits per heavy atom. The SMILES string of the molecule is C=C(C)S(=O)(=O)CCC[C@@H](C)c1ccc(C)cc1. The van der Waals surface area contributed by atoms with Gasteiger partial charge in [-0.15, -0.1) is 0 Å². The number of sulfone groups is 1. The summed E-state index contributed by atoms with van der Waals surface area (Å²) >= 11 is 0. The molecule has 0 saturated heterocycles. The first-order chi connectivity index (χ1) is 8.33. The fraction of sp³-hybridized carbons (Fsp3) is 0.467. The molecule has 18 heavy (non-hydrogen) atoms. The van der Waals surface area contributed by atoms with Crippen LogP contribution < -0.4 is 0 Å². The highest BCUT2D eigenvalue weighted by Gasteiger charge is 2.12. The molecule has 3 heteroatoms. The van der Waals surface area contributed by atoms with Crippen LogP contribution in [0, 0.1) is 6.92 Å². The molecule has 0 aromatic heterocycles. The second kappa shape index (κ2) is 6.19. The van der Waals surface area contributed by atoms with Crippen molar-refractivity contribution in [3.63, 3.8) is 0 Å². The van der Waals surface area contributed by atoms with E-state index < -0.39 is 9.84 Å². The second-order valence-electron chi connectivity index (χ2n) is 4.97. The number of rotatable bonds is 6. The van der Waals surface area contributed by atoms with Crippen LogP contribution in [-0.4, -0.2) is 14.2 Å². The number of aryl methyl sites for hydroxylation is 1. The van der Waals surface area contributed by atoms with Gasteiger partial charge < -0.3 is 0 Å². The highest BCUT2D eigenvalue weighted by molar-refractivity contribution is 7.95. The zero-order chi connectivity index (χ0) is 13.8. The summed E-state index contributed by atoms with van der Waals surface area (Å²) in [6.45, 7) is 9.26. The van der Waals surface area contributed by atoms with E-state index in [2.05, 4.69) is 44.7 Å². The lowest BCUT2D eigenvalue weighted by Crippen LogP contribution is -2.07. The van der Waals surface area contributed by atoms with Gasteiger partial charge in [-0.2, -0.15) is 0 Å². The summed E-state index contributed by atoms with van der Waals surface area (Å²) in [4.78, 5) is 0.269. The van der Waals surface area contributed by atoms with Crippen molar-refractivity contribution in [3.8, 4) is 0 Å². The Morgan fingerprint density at radius 2 is 1.83 bits per heavy atom. The van der Waals surface area contributed by atoms with E-state index in [1.54, 1.807) is 6.92 Å². The van der Waals surface area contributed by atoms with Crippen molar-refractivity contribution in [2.24, 2.45) is 0 Å². The number of allylic oxidation sites excluding steroid dienone is 1. The van der Waals surface area contributed by atoms with Crippen LogP contribution >= 0.6 is 0 Å². The minimum absolute atomic E-state index is 0.207. The highest BCUT2D eigenvalue weighted by atomic mass is 32.2. The van der Waals surface area contributed by atoms with Gasteiger partial charge in [0.25, 0.3) is 0 Å². The molecule has 0 N–H and O–H groups in total. The third kappa shape index (κ3) is 4.30. The zero-order valence-electron chi connectivity index (χ0n) is 11.4. The van der Waals surface area contributed by atoms with E-state index >= 15 is 0 Å². The largest absolute Gasteiger partial charge is 0.224 e. The van der Waals surface area contributed by atoms with E-state index in [0.717, 1.165) is 6.42 Å². The van der Waals surface area contributed by atoms with Gasteiger partial charge in [0.2, 0.25) is 0 Å². The Bertz CT molecular complexity index is 498. The van der Waals surface area contributed by atoms with Gasteiger partial charge in [-0.1, -0.05) is 43.3 Å². The molecule has 0 heterocycles. The molecule has 0 saturated carbocycles. The molecule has 0 aliphatic rings. The summed E-state index contributed by atoms with van der Waals surface area (Å²) in [5.74, 6) is 0.601. The van der Waals surface area contributed by atoms with Crippen molar-refractivity contribution < 1.29 is 8.42 Å². The average Bonchev–Trinajstić information content (AvgIpc) is 2.29. The molecule has 1 aromatic rings. The molecule has 0 aliphatic carbocycles. The minimum Gasteiger partial charge on any atom is -0.224 e. The smallest absolute Gasteiger partial charge is 0.173 e. The van der Waals surface area contributed by atoms with Crippen molar-refractivity contribution in [1.82, 2.24) is 0 Å². The second-order valence-corrected chi connectivity index (χ2v) is 7.31. The predicted octanol–water partition coefficient (Wildman–Crippen LogP) is 3.83. The average molecular weight is 266 g/mol. The Balaban J connectivity index is 2.50. The first kappa shape index (κ1) is 15.0. The maximum Gasteiger partial charge on any atom is 0.173 e. The van der Waals surface area contributed by atoms with Crippen LogP contribution in [0.3, 0.4) is 0 Å². The summed E-state index contributed by atoms with van der Waals surface area (Å²) in [7, 11) is -3.08. The van der Waals surface area contributed by atoms with E-state index in [-0.39, 0.29) is 10.7 Å². The first-order valence-electron chi connectivity index (χ1n) is 6.28. The van der Waals surface area contributed by atoms with E-state index in [9.17, 15) is 8.42 Å². The summed E-state index contributed by atoms with van der Waals surface area (Å²) in [6.07, 6.45) is 1.57. The summed E-state index contributed by atoms with van der Waals surface area (Å²) in [5, 5.41) is 0. The summed E-state index contributed by atoms with van der Waals surface area (Å²) < 4.78 is 23.2. The molecule has 0 fully saturated rings. The summed E-state index contributed by atoms with van der Waals surface area (Å²) in [6, 6.07) is 8.42. The highest BCUT2D eigenvalue weighted by Crippen LogP contribution is 2.21. The van der Waals surface area contributed by atoms with Gasteiger partial charge in [0, 0.05) is 4.91 Å². The lowest BCUT2D eigenvalue weighted by Gasteiger charge is -2.12. The van der Waals surface area contributed by atoms with E-state index in [1.807, 2.05) is 0 Å². The van der Waals surface area contributed by atoms with Gasteiger partial charge in [0.15, 0.2) is 9.84 Å². The van der Waals surface area contributed by atoms with Crippen LogP contribution in [0.15, 0.2) is 35.7 Å². The standard InChI is InChI=1S/C15H22O2S/c1-12(2)18(16,17)11-5-6-14(4)15-9-7-13(3)8-10-15/h7-10,14H,1,5-6,11H2,2-4H3/t14-/m1/s1. The predicted molar refractivity (Wildman–Crippen MR) is 77.4 cm³/mol. The Morgan fingerprint density at radius 3 is 2.33 bits per heavy atom. The van der Waals surface area contributed by atoms with Crippen LogP contribution in [-0.2, 0) is 9.84 Å². The molecule has 0 amide bonds. The van der Waals surface area contributed by atoms with Crippen molar-refractivity contribution in [2.45, 2.75) is 39.5 Å². The van der Waals surface area contributed by atoms with Gasteiger partial charge in [-0.3, -0.25) is 0 Å².